The number of hydrogen-bond acceptors (Lipinski definition) is 3. The predicted molar refractivity (Wildman–Crippen MR) is 48.2 cm³/mol. The van der Waals surface area contributed by atoms with Crippen LogP contribution in [0.15, 0.2) is 0 Å². The Morgan fingerprint density at radius 1 is 1.58 bits per heavy atom. The van der Waals surface area contributed by atoms with Crippen LogP contribution in [0.4, 0.5) is 0 Å². The van der Waals surface area contributed by atoms with Crippen LogP contribution < -0.4 is 0 Å². The van der Waals surface area contributed by atoms with Crippen molar-refractivity contribution in [1.29, 1.82) is 0 Å². The second-order valence-corrected chi connectivity index (χ2v) is 3.22. The van der Waals surface area contributed by atoms with Crippen LogP contribution in [0.2, 0.25) is 0 Å². The van der Waals surface area contributed by atoms with E-state index in [-0.39, 0.29) is 6.61 Å². The van der Waals surface area contributed by atoms with E-state index >= 15 is 0 Å². The number of rotatable bonds is 4. The summed E-state index contributed by atoms with van der Waals surface area (Å²) >= 11 is 0. The molecule has 0 saturated carbocycles. The molecule has 0 aromatic rings. The third-order valence-electron chi connectivity index (χ3n) is 2.45. The Bertz CT molecular complexity index is 110. The van der Waals surface area contributed by atoms with E-state index in [4.69, 9.17) is 9.84 Å². The van der Waals surface area contributed by atoms with Crippen LogP contribution in [-0.2, 0) is 4.74 Å². The predicted octanol–water partition coefficient (Wildman–Crippen LogP) is 0.480. The van der Waals surface area contributed by atoms with Crippen LogP contribution in [0.3, 0.4) is 0 Å². The molecule has 3 nitrogen and oxygen atoms in total. The highest BCUT2D eigenvalue weighted by Gasteiger charge is 2.19. The number of aliphatic hydroxyl groups excluding tert-OH is 1. The van der Waals surface area contributed by atoms with E-state index in [0.717, 1.165) is 32.7 Å². The first-order valence-electron chi connectivity index (χ1n) is 4.81. The molecule has 12 heavy (non-hydrogen) atoms. The quantitative estimate of drug-likeness (QED) is 0.671. The van der Waals surface area contributed by atoms with Crippen molar-refractivity contribution in [3.8, 4) is 0 Å². The van der Waals surface area contributed by atoms with Crippen molar-refractivity contribution in [3.05, 3.63) is 0 Å². The highest BCUT2D eigenvalue weighted by atomic mass is 16.5. The lowest BCUT2D eigenvalue weighted by molar-refractivity contribution is 0.0143. The molecular formula is C9H19NO2. The summed E-state index contributed by atoms with van der Waals surface area (Å²) in [5, 5.41) is 8.82. The van der Waals surface area contributed by atoms with Crippen molar-refractivity contribution in [2.24, 2.45) is 0 Å². The molecule has 1 fully saturated rings. The highest BCUT2D eigenvalue weighted by molar-refractivity contribution is 4.73. The third-order valence-corrected chi connectivity index (χ3v) is 2.45. The average molecular weight is 173 g/mol. The van der Waals surface area contributed by atoms with Gasteiger partial charge in [-0.05, 0) is 19.4 Å². The largest absolute Gasteiger partial charge is 0.395 e. The topological polar surface area (TPSA) is 32.7 Å². The lowest BCUT2D eigenvalue weighted by Gasteiger charge is -2.32. The fraction of sp³-hybridized carbons (Fsp3) is 1.00. The summed E-state index contributed by atoms with van der Waals surface area (Å²) in [5.41, 5.74) is 0. The van der Waals surface area contributed by atoms with E-state index in [2.05, 4.69) is 11.8 Å². The monoisotopic (exact) mass is 173 g/mol. The first-order chi connectivity index (χ1) is 5.88. The smallest absolute Gasteiger partial charge is 0.0621 e. The zero-order valence-electron chi connectivity index (χ0n) is 7.83. The van der Waals surface area contributed by atoms with Gasteiger partial charge >= 0.3 is 0 Å². The third kappa shape index (κ3) is 2.73. The van der Waals surface area contributed by atoms with Gasteiger partial charge in [0, 0.05) is 19.2 Å². The van der Waals surface area contributed by atoms with Crippen LogP contribution >= 0.6 is 0 Å². The van der Waals surface area contributed by atoms with Crippen LogP contribution in [0.25, 0.3) is 0 Å². The minimum absolute atomic E-state index is 0.254. The molecule has 1 atom stereocenters. The van der Waals surface area contributed by atoms with Gasteiger partial charge in [0.2, 0.25) is 0 Å². The molecule has 0 aromatic carbocycles. The maximum absolute atomic E-state index is 8.82. The van der Waals surface area contributed by atoms with Gasteiger partial charge in [0.15, 0.2) is 0 Å². The molecule has 1 rings (SSSR count). The molecule has 0 spiro atoms. The van der Waals surface area contributed by atoms with Crippen LogP contribution in [0.5, 0.6) is 0 Å². The maximum atomic E-state index is 8.82. The highest BCUT2D eigenvalue weighted by Crippen LogP contribution is 2.12. The van der Waals surface area contributed by atoms with Crippen molar-refractivity contribution in [2.45, 2.75) is 25.8 Å². The van der Waals surface area contributed by atoms with Gasteiger partial charge in [-0.2, -0.15) is 0 Å². The molecule has 0 radical (unpaired) electrons. The molecule has 1 aliphatic rings. The number of nitrogens with zero attached hydrogens (tertiary/aromatic N) is 1. The Labute approximate surface area is 74.3 Å². The SMILES string of the molecule is CCN(CCO)C1CCCOC1. The van der Waals surface area contributed by atoms with E-state index in [1.165, 1.54) is 6.42 Å². The van der Waals surface area contributed by atoms with E-state index in [1.54, 1.807) is 0 Å². The second kappa shape index (κ2) is 5.51. The Kier molecular flexibility index (Phi) is 4.58. The van der Waals surface area contributed by atoms with Gasteiger partial charge < -0.3 is 9.84 Å². The van der Waals surface area contributed by atoms with Gasteiger partial charge in [0.05, 0.1) is 13.2 Å². The molecule has 0 bridgehead atoms. The standard InChI is InChI=1S/C9H19NO2/c1-2-10(5-6-11)9-4-3-7-12-8-9/h9,11H,2-8H2,1H3. The van der Waals surface area contributed by atoms with E-state index < -0.39 is 0 Å². The first kappa shape index (κ1) is 9.96. The summed E-state index contributed by atoms with van der Waals surface area (Å²) in [7, 11) is 0. The van der Waals surface area contributed by atoms with Crippen LogP contribution in [0.1, 0.15) is 19.8 Å². The van der Waals surface area contributed by atoms with Crippen LogP contribution in [0, 0.1) is 0 Å². The summed E-state index contributed by atoms with van der Waals surface area (Å²) < 4.78 is 5.39. The van der Waals surface area contributed by atoms with Gasteiger partial charge in [0.1, 0.15) is 0 Å². The van der Waals surface area contributed by atoms with Gasteiger partial charge in [0.25, 0.3) is 0 Å². The number of aliphatic hydroxyl groups is 1. The lowest BCUT2D eigenvalue weighted by Crippen LogP contribution is -2.42. The molecule has 0 aromatic heterocycles. The maximum Gasteiger partial charge on any atom is 0.0621 e. The Balaban J connectivity index is 2.29. The minimum Gasteiger partial charge on any atom is -0.395 e. The van der Waals surface area contributed by atoms with Crippen molar-refractivity contribution in [2.75, 3.05) is 32.9 Å². The molecule has 1 heterocycles. The van der Waals surface area contributed by atoms with Crippen molar-refractivity contribution >= 4 is 0 Å². The van der Waals surface area contributed by atoms with Gasteiger partial charge in [-0.1, -0.05) is 6.92 Å². The molecule has 1 unspecified atom stereocenters. The summed E-state index contributed by atoms with van der Waals surface area (Å²) in [6.07, 6.45) is 2.38. The molecule has 3 heteroatoms. The molecule has 1 N–H and O–H groups in total. The van der Waals surface area contributed by atoms with Crippen molar-refractivity contribution in [3.63, 3.8) is 0 Å². The van der Waals surface area contributed by atoms with Crippen LogP contribution in [-0.4, -0.2) is 49.0 Å². The van der Waals surface area contributed by atoms with Crippen molar-refractivity contribution < 1.29 is 9.84 Å². The molecule has 0 aliphatic carbocycles. The normalized spacial score (nSPS) is 24.8. The second-order valence-electron chi connectivity index (χ2n) is 3.22. The molecule has 1 saturated heterocycles. The van der Waals surface area contributed by atoms with Crippen molar-refractivity contribution in [1.82, 2.24) is 4.90 Å². The first-order valence-corrected chi connectivity index (χ1v) is 4.81. The van der Waals surface area contributed by atoms with E-state index in [1.807, 2.05) is 0 Å². The van der Waals surface area contributed by atoms with Gasteiger partial charge in [-0.15, -0.1) is 0 Å². The number of hydrogen-bond donors (Lipinski definition) is 1. The number of likely N-dealkylation sites (N-methyl/N-ethyl adjacent to an activating group) is 1. The van der Waals surface area contributed by atoms with E-state index in [9.17, 15) is 0 Å². The lowest BCUT2D eigenvalue weighted by atomic mass is 10.1. The summed E-state index contributed by atoms with van der Waals surface area (Å²) in [5.74, 6) is 0. The summed E-state index contributed by atoms with van der Waals surface area (Å²) in [4.78, 5) is 2.29. The Morgan fingerprint density at radius 2 is 2.42 bits per heavy atom. The molecule has 1 aliphatic heterocycles. The Hall–Kier alpha value is -0.120. The molecule has 72 valence electrons. The molecular weight excluding hydrogens is 154 g/mol. The zero-order valence-corrected chi connectivity index (χ0v) is 7.83. The number of ether oxygens (including phenoxy) is 1. The van der Waals surface area contributed by atoms with Gasteiger partial charge in [-0.3, -0.25) is 4.90 Å². The minimum atomic E-state index is 0.254. The summed E-state index contributed by atoms with van der Waals surface area (Å²) in [6.45, 7) is 5.93. The molecule has 0 amide bonds. The Morgan fingerprint density at radius 3 is 2.92 bits per heavy atom. The summed E-state index contributed by atoms with van der Waals surface area (Å²) in [6, 6.07) is 0.538. The van der Waals surface area contributed by atoms with E-state index in [0.29, 0.717) is 6.04 Å². The zero-order chi connectivity index (χ0) is 8.81. The van der Waals surface area contributed by atoms with Gasteiger partial charge in [-0.25, -0.2) is 0 Å². The fourth-order valence-electron chi connectivity index (χ4n) is 1.74. The average Bonchev–Trinajstić information content (AvgIpc) is 2.15. The fourth-order valence-corrected chi connectivity index (χ4v) is 1.74.